The lowest BCUT2D eigenvalue weighted by molar-refractivity contribution is -0.138. The van der Waals surface area contributed by atoms with Gasteiger partial charge in [0.05, 0.1) is 12.2 Å². The Morgan fingerprint density at radius 1 is 1.19 bits per heavy atom. The summed E-state index contributed by atoms with van der Waals surface area (Å²) in [5.41, 5.74) is 1.17. The molecule has 1 aromatic rings. The minimum Gasteiger partial charge on any atom is -0.340 e. The first-order chi connectivity index (χ1) is 12.3. The van der Waals surface area contributed by atoms with Gasteiger partial charge in [0.1, 0.15) is 0 Å². The third-order valence-electron chi connectivity index (χ3n) is 5.18. The van der Waals surface area contributed by atoms with Gasteiger partial charge in [0, 0.05) is 50.8 Å². The topological polar surface area (TPSA) is 60.9 Å². The molecule has 0 bridgehead atoms. The predicted octanol–water partition coefficient (Wildman–Crippen LogP) is 1.66. The molecule has 2 fully saturated rings. The Hall–Kier alpha value is -1.15. The van der Waals surface area contributed by atoms with Crippen LogP contribution < -0.4 is 0 Å². The molecule has 6 nitrogen and oxygen atoms in total. The third kappa shape index (κ3) is 4.97. The van der Waals surface area contributed by atoms with Crippen LogP contribution in [-0.2, 0) is 21.4 Å². The van der Waals surface area contributed by atoms with E-state index in [0.717, 1.165) is 37.5 Å². The third-order valence-corrected chi connectivity index (χ3v) is 6.69. The van der Waals surface area contributed by atoms with Gasteiger partial charge in [-0.3, -0.25) is 9.69 Å². The number of hydrogen-bond acceptors (Lipinski definition) is 4. The van der Waals surface area contributed by atoms with Gasteiger partial charge in [-0.05, 0) is 30.5 Å². The van der Waals surface area contributed by atoms with Gasteiger partial charge in [0.25, 0.3) is 0 Å². The number of nitrogens with zero attached hydrogens (tertiary/aromatic N) is 3. The van der Waals surface area contributed by atoms with Crippen molar-refractivity contribution in [1.82, 2.24) is 14.1 Å². The molecule has 0 aromatic heterocycles. The SMILES string of the molecule is CS(=O)(=O)N1CCCC(C(=O)N2CCN(Cc3cccc(Cl)c3)CC2)C1. The Morgan fingerprint density at radius 3 is 2.58 bits per heavy atom. The zero-order chi connectivity index (χ0) is 18.7. The van der Waals surface area contributed by atoms with E-state index in [1.165, 1.54) is 16.1 Å². The standard InChI is InChI=1S/C18H26ClN3O3S/c1-26(24,25)22-7-3-5-16(14-22)18(23)21-10-8-20(9-11-21)13-15-4-2-6-17(19)12-15/h2,4,6,12,16H,3,5,7-11,13-14H2,1H3. The van der Waals surface area contributed by atoms with Gasteiger partial charge in [-0.25, -0.2) is 12.7 Å². The quantitative estimate of drug-likeness (QED) is 0.772. The van der Waals surface area contributed by atoms with E-state index < -0.39 is 10.0 Å². The average molecular weight is 400 g/mol. The fourth-order valence-electron chi connectivity index (χ4n) is 3.72. The Kier molecular flexibility index (Phi) is 6.22. The summed E-state index contributed by atoms with van der Waals surface area (Å²) in [6, 6.07) is 7.85. The van der Waals surface area contributed by atoms with E-state index in [2.05, 4.69) is 11.0 Å². The van der Waals surface area contributed by atoms with E-state index in [1.54, 1.807) is 0 Å². The van der Waals surface area contributed by atoms with Crippen LogP contribution in [0.5, 0.6) is 0 Å². The molecular weight excluding hydrogens is 374 g/mol. The van der Waals surface area contributed by atoms with E-state index >= 15 is 0 Å². The highest BCUT2D eigenvalue weighted by atomic mass is 35.5. The number of piperazine rings is 1. The van der Waals surface area contributed by atoms with Crippen LogP contribution in [0.15, 0.2) is 24.3 Å². The van der Waals surface area contributed by atoms with E-state index in [4.69, 9.17) is 11.6 Å². The Morgan fingerprint density at radius 2 is 1.92 bits per heavy atom. The molecule has 1 atom stereocenters. The first-order valence-electron chi connectivity index (χ1n) is 9.03. The molecule has 0 radical (unpaired) electrons. The predicted molar refractivity (Wildman–Crippen MR) is 102 cm³/mol. The van der Waals surface area contributed by atoms with E-state index in [9.17, 15) is 13.2 Å². The van der Waals surface area contributed by atoms with Crippen molar-refractivity contribution in [2.75, 3.05) is 45.5 Å². The van der Waals surface area contributed by atoms with Gasteiger partial charge in [-0.2, -0.15) is 0 Å². The molecule has 8 heteroatoms. The van der Waals surface area contributed by atoms with Gasteiger partial charge in [0.15, 0.2) is 0 Å². The summed E-state index contributed by atoms with van der Waals surface area (Å²) >= 11 is 6.04. The van der Waals surface area contributed by atoms with Crippen molar-refractivity contribution in [2.45, 2.75) is 19.4 Å². The van der Waals surface area contributed by atoms with Gasteiger partial charge in [0.2, 0.25) is 15.9 Å². The zero-order valence-electron chi connectivity index (χ0n) is 15.1. The molecule has 2 aliphatic heterocycles. The minimum atomic E-state index is -3.23. The van der Waals surface area contributed by atoms with Crippen LogP contribution in [0.4, 0.5) is 0 Å². The van der Waals surface area contributed by atoms with E-state index in [0.29, 0.717) is 26.2 Å². The summed E-state index contributed by atoms with van der Waals surface area (Å²) in [6.45, 7) is 4.69. The smallest absolute Gasteiger partial charge is 0.227 e. The van der Waals surface area contributed by atoms with Crippen LogP contribution in [0.2, 0.25) is 5.02 Å². The van der Waals surface area contributed by atoms with Gasteiger partial charge >= 0.3 is 0 Å². The second kappa shape index (κ2) is 8.25. The number of amides is 1. The van der Waals surface area contributed by atoms with Crippen LogP contribution in [0.3, 0.4) is 0 Å². The largest absolute Gasteiger partial charge is 0.340 e. The molecule has 2 saturated heterocycles. The molecule has 0 spiro atoms. The zero-order valence-corrected chi connectivity index (χ0v) is 16.7. The Balaban J connectivity index is 1.52. The lowest BCUT2D eigenvalue weighted by Crippen LogP contribution is -2.52. The van der Waals surface area contributed by atoms with Crippen LogP contribution in [-0.4, -0.2) is 74.0 Å². The highest BCUT2D eigenvalue weighted by Crippen LogP contribution is 2.22. The number of hydrogen-bond donors (Lipinski definition) is 0. The normalized spacial score (nSPS) is 23.2. The first-order valence-corrected chi connectivity index (χ1v) is 11.3. The molecule has 0 N–H and O–H groups in total. The minimum absolute atomic E-state index is 0.0979. The van der Waals surface area contributed by atoms with Crippen molar-refractivity contribution in [2.24, 2.45) is 5.92 Å². The van der Waals surface area contributed by atoms with Crippen LogP contribution in [0, 0.1) is 5.92 Å². The molecule has 26 heavy (non-hydrogen) atoms. The maximum atomic E-state index is 12.8. The van der Waals surface area contributed by atoms with Gasteiger partial charge in [-0.1, -0.05) is 23.7 Å². The summed E-state index contributed by atoms with van der Waals surface area (Å²) in [5, 5.41) is 0.740. The van der Waals surface area contributed by atoms with Crippen LogP contribution in [0.25, 0.3) is 0 Å². The number of benzene rings is 1. The van der Waals surface area contributed by atoms with Crippen molar-refractivity contribution >= 4 is 27.5 Å². The van der Waals surface area contributed by atoms with Gasteiger partial charge < -0.3 is 4.90 Å². The molecule has 2 heterocycles. The van der Waals surface area contributed by atoms with E-state index in [-0.39, 0.29) is 11.8 Å². The number of halogens is 1. The summed E-state index contributed by atoms with van der Waals surface area (Å²) in [5.74, 6) is -0.112. The maximum absolute atomic E-state index is 12.8. The molecule has 0 saturated carbocycles. The molecule has 0 aliphatic carbocycles. The number of rotatable bonds is 4. The summed E-state index contributed by atoms with van der Waals surface area (Å²) < 4.78 is 25.0. The monoisotopic (exact) mass is 399 g/mol. The number of carbonyl (C=O) groups excluding carboxylic acids is 1. The van der Waals surface area contributed by atoms with Crippen LogP contribution >= 0.6 is 11.6 Å². The Labute approximate surface area is 160 Å². The number of piperidine rings is 1. The summed E-state index contributed by atoms with van der Waals surface area (Å²) in [4.78, 5) is 17.0. The van der Waals surface area contributed by atoms with Crippen molar-refractivity contribution in [3.63, 3.8) is 0 Å². The lowest BCUT2D eigenvalue weighted by Gasteiger charge is -2.38. The number of sulfonamides is 1. The molecular formula is C18H26ClN3O3S. The highest BCUT2D eigenvalue weighted by molar-refractivity contribution is 7.88. The second-order valence-corrected chi connectivity index (χ2v) is 9.61. The van der Waals surface area contributed by atoms with Crippen molar-refractivity contribution in [1.29, 1.82) is 0 Å². The number of carbonyl (C=O) groups is 1. The molecule has 3 rings (SSSR count). The molecule has 1 aromatic carbocycles. The van der Waals surface area contributed by atoms with E-state index in [1.807, 2.05) is 23.1 Å². The van der Waals surface area contributed by atoms with Crippen molar-refractivity contribution in [3.05, 3.63) is 34.9 Å². The molecule has 2 aliphatic rings. The lowest BCUT2D eigenvalue weighted by atomic mass is 9.97. The molecule has 1 unspecified atom stereocenters. The fraction of sp³-hybridized carbons (Fsp3) is 0.611. The Bertz CT molecular complexity index is 748. The summed E-state index contributed by atoms with van der Waals surface area (Å²) in [6.07, 6.45) is 2.74. The van der Waals surface area contributed by atoms with Crippen molar-refractivity contribution in [3.8, 4) is 0 Å². The van der Waals surface area contributed by atoms with Crippen LogP contribution in [0.1, 0.15) is 18.4 Å². The second-order valence-electron chi connectivity index (χ2n) is 7.19. The molecule has 1 amide bonds. The highest BCUT2D eigenvalue weighted by Gasteiger charge is 2.33. The van der Waals surface area contributed by atoms with Crippen molar-refractivity contribution < 1.29 is 13.2 Å². The average Bonchev–Trinajstić information content (AvgIpc) is 2.61. The first kappa shape index (κ1) is 19.6. The fourth-order valence-corrected chi connectivity index (χ4v) is 4.85. The summed E-state index contributed by atoms with van der Waals surface area (Å²) in [7, 11) is -3.23. The molecule has 144 valence electrons. The van der Waals surface area contributed by atoms with Gasteiger partial charge in [-0.15, -0.1) is 0 Å². The maximum Gasteiger partial charge on any atom is 0.227 e.